The summed E-state index contributed by atoms with van der Waals surface area (Å²) in [5, 5.41) is 0. The number of fused-ring (bicyclic) bond motifs is 1. The number of benzene rings is 1. The first kappa shape index (κ1) is 11.2. The summed E-state index contributed by atoms with van der Waals surface area (Å²) in [5.41, 5.74) is 3.07. The fourth-order valence-corrected chi connectivity index (χ4v) is 3.36. The SMILES string of the molecule is CN1CCCC1(C)[C@H]1OCCc2ccccc21. The van der Waals surface area contributed by atoms with Crippen LogP contribution in [0.15, 0.2) is 24.3 Å². The zero-order valence-electron chi connectivity index (χ0n) is 10.8. The number of ether oxygens (including phenoxy) is 1. The van der Waals surface area contributed by atoms with Gasteiger partial charge in [0.1, 0.15) is 6.10 Å². The van der Waals surface area contributed by atoms with Crippen molar-refractivity contribution >= 4 is 0 Å². The van der Waals surface area contributed by atoms with Crippen LogP contribution in [0, 0.1) is 0 Å². The van der Waals surface area contributed by atoms with Crippen molar-refractivity contribution in [3.63, 3.8) is 0 Å². The Morgan fingerprint density at radius 1 is 1.35 bits per heavy atom. The molecule has 0 bridgehead atoms. The fraction of sp³-hybridized carbons (Fsp3) is 0.600. The number of likely N-dealkylation sites (N-methyl/N-ethyl adjacent to an activating group) is 1. The van der Waals surface area contributed by atoms with E-state index in [9.17, 15) is 0 Å². The number of hydrogen-bond acceptors (Lipinski definition) is 2. The van der Waals surface area contributed by atoms with Crippen LogP contribution in [-0.2, 0) is 11.2 Å². The molecule has 1 unspecified atom stereocenters. The summed E-state index contributed by atoms with van der Waals surface area (Å²) in [6.07, 6.45) is 3.84. The van der Waals surface area contributed by atoms with E-state index in [1.54, 1.807) is 0 Å². The molecule has 2 heteroatoms. The first-order chi connectivity index (χ1) is 8.22. The van der Waals surface area contributed by atoms with E-state index in [-0.39, 0.29) is 11.6 Å². The Morgan fingerprint density at radius 2 is 2.18 bits per heavy atom. The monoisotopic (exact) mass is 231 g/mol. The molecule has 2 aliphatic rings. The lowest BCUT2D eigenvalue weighted by atomic mass is 9.83. The van der Waals surface area contributed by atoms with Gasteiger partial charge in [0, 0.05) is 5.54 Å². The van der Waals surface area contributed by atoms with Gasteiger partial charge in [0.15, 0.2) is 0 Å². The minimum atomic E-state index is 0.177. The lowest BCUT2D eigenvalue weighted by Crippen LogP contribution is -2.46. The van der Waals surface area contributed by atoms with E-state index in [4.69, 9.17) is 4.74 Å². The predicted octanol–water partition coefficient (Wildman–Crippen LogP) is 2.78. The number of hydrogen-bond donors (Lipinski definition) is 0. The van der Waals surface area contributed by atoms with Gasteiger partial charge in [-0.05, 0) is 50.9 Å². The molecule has 3 rings (SSSR count). The molecule has 0 N–H and O–H groups in total. The Bertz CT molecular complexity index is 417. The Labute approximate surface area is 104 Å². The van der Waals surface area contributed by atoms with Crippen molar-refractivity contribution in [1.29, 1.82) is 0 Å². The average molecular weight is 231 g/mol. The maximum atomic E-state index is 6.12. The van der Waals surface area contributed by atoms with E-state index >= 15 is 0 Å². The van der Waals surface area contributed by atoms with Gasteiger partial charge in [0.25, 0.3) is 0 Å². The fourth-order valence-electron chi connectivity index (χ4n) is 3.36. The predicted molar refractivity (Wildman–Crippen MR) is 69.1 cm³/mol. The first-order valence-corrected chi connectivity index (χ1v) is 6.62. The minimum Gasteiger partial charge on any atom is -0.371 e. The molecule has 0 amide bonds. The molecule has 1 aromatic carbocycles. The molecule has 2 nitrogen and oxygen atoms in total. The van der Waals surface area contributed by atoms with Gasteiger partial charge in [-0.3, -0.25) is 4.90 Å². The van der Waals surface area contributed by atoms with Crippen LogP contribution in [0.2, 0.25) is 0 Å². The van der Waals surface area contributed by atoms with Crippen LogP contribution in [-0.4, -0.2) is 30.6 Å². The number of nitrogens with zero attached hydrogens (tertiary/aromatic N) is 1. The average Bonchev–Trinajstić information content (AvgIpc) is 2.70. The molecule has 0 aromatic heterocycles. The molecule has 2 atom stereocenters. The molecule has 2 heterocycles. The summed E-state index contributed by atoms with van der Waals surface area (Å²) in [4.78, 5) is 2.47. The molecule has 1 aromatic rings. The zero-order valence-corrected chi connectivity index (χ0v) is 10.8. The smallest absolute Gasteiger partial charge is 0.101 e. The summed E-state index contributed by atoms with van der Waals surface area (Å²) < 4.78 is 6.12. The second-order valence-corrected chi connectivity index (χ2v) is 5.58. The number of likely N-dealkylation sites (tertiary alicyclic amines) is 1. The van der Waals surface area contributed by atoms with Gasteiger partial charge in [-0.1, -0.05) is 24.3 Å². The van der Waals surface area contributed by atoms with Crippen LogP contribution < -0.4 is 0 Å². The third-order valence-corrected chi connectivity index (χ3v) is 4.61. The minimum absolute atomic E-state index is 0.177. The summed E-state index contributed by atoms with van der Waals surface area (Å²) in [5.74, 6) is 0. The van der Waals surface area contributed by atoms with E-state index in [0.717, 1.165) is 13.0 Å². The van der Waals surface area contributed by atoms with Crippen LogP contribution in [0.5, 0.6) is 0 Å². The standard InChI is InChI=1S/C15H21NO/c1-15(9-5-10-16(15)2)14-13-7-4-3-6-12(13)8-11-17-14/h3-4,6-7,14H,5,8-11H2,1-2H3/t14-,15?/m0/s1. The van der Waals surface area contributed by atoms with E-state index in [2.05, 4.69) is 43.1 Å². The van der Waals surface area contributed by atoms with Crippen molar-refractivity contribution < 1.29 is 4.74 Å². The molecule has 0 aliphatic carbocycles. The quantitative estimate of drug-likeness (QED) is 0.737. The van der Waals surface area contributed by atoms with Crippen LogP contribution >= 0.6 is 0 Å². The molecule has 0 spiro atoms. The van der Waals surface area contributed by atoms with Gasteiger partial charge in [-0.15, -0.1) is 0 Å². The second-order valence-electron chi connectivity index (χ2n) is 5.58. The molecule has 0 radical (unpaired) electrons. The van der Waals surface area contributed by atoms with E-state index in [1.807, 2.05) is 0 Å². The maximum Gasteiger partial charge on any atom is 0.101 e. The van der Waals surface area contributed by atoms with Gasteiger partial charge in [-0.2, -0.15) is 0 Å². The van der Waals surface area contributed by atoms with Crippen molar-refractivity contribution in [3.8, 4) is 0 Å². The highest BCUT2D eigenvalue weighted by molar-refractivity contribution is 5.33. The Hall–Kier alpha value is -0.860. The molecule has 1 fully saturated rings. The van der Waals surface area contributed by atoms with Crippen molar-refractivity contribution in [2.24, 2.45) is 0 Å². The molecule has 17 heavy (non-hydrogen) atoms. The highest BCUT2D eigenvalue weighted by atomic mass is 16.5. The largest absolute Gasteiger partial charge is 0.371 e. The van der Waals surface area contributed by atoms with Gasteiger partial charge in [0.05, 0.1) is 6.61 Å². The van der Waals surface area contributed by atoms with E-state index in [1.165, 1.54) is 30.5 Å². The lowest BCUT2D eigenvalue weighted by molar-refractivity contribution is -0.0517. The number of rotatable bonds is 1. The van der Waals surface area contributed by atoms with Crippen molar-refractivity contribution in [2.75, 3.05) is 20.2 Å². The van der Waals surface area contributed by atoms with Gasteiger partial charge >= 0.3 is 0 Å². The third-order valence-electron chi connectivity index (χ3n) is 4.61. The van der Waals surface area contributed by atoms with E-state index in [0.29, 0.717) is 0 Å². The van der Waals surface area contributed by atoms with Crippen LogP contribution in [0.25, 0.3) is 0 Å². The van der Waals surface area contributed by atoms with Crippen LogP contribution in [0.3, 0.4) is 0 Å². The molecular formula is C15H21NO. The first-order valence-electron chi connectivity index (χ1n) is 6.62. The molecule has 1 saturated heterocycles. The van der Waals surface area contributed by atoms with Gasteiger partial charge in [0.2, 0.25) is 0 Å². The molecule has 2 aliphatic heterocycles. The summed E-state index contributed by atoms with van der Waals surface area (Å²) in [6, 6.07) is 8.78. The maximum absolute atomic E-state index is 6.12. The van der Waals surface area contributed by atoms with Crippen molar-refractivity contribution in [1.82, 2.24) is 4.90 Å². The third kappa shape index (κ3) is 1.71. The van der Waals surface area contributed by atoms with E-state index < -0.39 is 0 Å². The molecular weight excluding hydrogens is 210 g/mol. The zero-order chi connectivity index (χ0) is 11.9. The highest BCUT2D eigenvalue weighted by Crippen LogP contribution is 2.43. The summed E-state index contributed by atoms with van der Waals surface area (Å²) in [6.45, 7) is 4.41. The normalized spacial score (nSPS) is 33.6. The van der Waals surface area contributed by atoms with Crippen LogP contribution in [0.1, 0.15) is 37.0 Å². The molecule has 0 saturated carbocycles. The Balaban J connectivity index is 2.00. The van der Waals surface area contributed by atoms with Gasteiger partial charge in [-0.25, -0.2) is 0 Å². The van der Waals surface area contributed by atoms with Gasteiger partial charge < -0.3 is 4.74 Å². The Morgan fingerprint density at radius 3 is 2.94 bits per heavy atom. The Kier molecular flexibility index (Phi) is 2.72. The summed E-state index contributed by atoms with van der Waals surface area (Å²) >= 11 is 0. The van der Waals surface area contributed by atoms with Crippen LogP contribution in [0.4, 0.5) is 0 Å². The highest BCUT2D eigenvalue weighted by Gasteiger charge is 2.44. The topological polar surface area (TPSA) is 12.5 Å². The second kappa shape index (κ2) is 4.11. The lowest BCUT2D eigenvalue weighted by Gasteiger charge is -2.42. The molecule has 92 valence electrons. The van der Waals surface area contributed by atoms with Crippen molar-refractivity contribution in [2.45, 2.75) is 37.8 Å². The van der Waals surface area contributed by atoms with Crippen molar-refractivity contribution in [3.05, 3.63) is 35.4 Å². The summed E-state index contributed by atoms with van der Waals surface area (Å²) in [7, 11) is 2.23.